The van der Waals surface area contributed by atoms with Crippen LogP contribution in [0.2, 0.25) is 0 Å². The predicted molar refractivity (Wildman–Crippen MR) is 236 cm³/mol. The molecule has 2 aromatic heterocycles. The molecule has 0 radical (unpaired) electrons. The summed E-state index contributed by atoms with van der Waals surface area (Å²) in [6.45, 7) is 0. The van der Waals surface area contributed by atoms with Crippen LogP contribution in [0, 0.1) is 5.92 Å². The van der Waals surface area contributed by atoms with Crippen molar-refractivity contribution in [2.24, 2.45) is 10.9 Å². The van der Waals surface area contributed by atoms with Crippen molar-refractivity contribution in [3.63, 3.8) is 0 Å². The maximum Gasteiger partial charge on any atom is 0.0631 e. The van der Waals surface area contributed by atoms with Gasteiger partial charge in [0.25, 0.3) is 0 Å². The lowest BCUT2D eigenvalue weighted by atomic mass is 9.83. The molecule has 0 fully saturated rings. The molecule has 3 heterocycles. The molecule has 0 amide bonds. The lowest BCUT2D eigenvalue weighted by Gasteiger charge is -2.26. The summed E-state index contributed by atoms with van der Waals surface area (Å²) in [5, 5.41) is 5.11. The summed E-state index contributed by atoms with van der Waals surface area (Å²) >= 11 is 0. The number of para-hydroxylation sites is 3. The fraction of sp³-hybridized carbons (Fsp3) is 0.113. The summed E-state index contributed by atoms with van der Waals surface area (Å²) in [6, 6.07) is 53.1. The van der Waals surface area contributed by atoms with E-state index in [9.17, 15) is 0 Å². The maximum absolute atomic E-state index is 5.33. The molecule has 6 aromatic carbocycles. The minimum atomic E-state index is 0.378. The Bertz CT molecular complexity index is 3030. The number of hydrogen-bond donors (Lipinski definition) is 0. The van der Waals surface area contributed by atoms with Crippen LogP contribution in [0.3, 0.4) is 0 Å². The topological polar surface area (TPSA) is 22.2 Å². The third-order valence-electron chi connectivity index (χ3n) is 12.1. The van der Waals surface area contributed by atoms with E-state index in [2.05, 4.69) is 191 Å². The molecular weight excluding hydrogens is 679 g/mol. The van der Waals surface area contributed by atoms with Crippen LogP contribution in [0.25, 0.3) is 66.1 Å². The Hall–Kier alpha value is -6.71. The molecule has 8 aromatic rings. The Labute approximate surface area is 327 Å². The third-order valence-corrected chi connectivity index (χ3v) is 12.1. The van der Waals surface area contributed by atoms with E-state index in [4.69, 9.17) is 4.99 Å². The number of benzene rings is 6. The van der Waals surface area contributed by atoms with E-state index < -0.39 is 0 Å². The zero-order valence-electron chi connectivity index (χ0n) is 31.3. The molecule has 3 aliphatic rings. The normalized spacial score (nSPS) is 17.2. The summed E-state index contributed by atoms with van der Waals surface area (Å²) in [5.74, 6) is 0.378. The van der Waals surface area contributed by atoms with Gasteiger partial charge in [-0.05, 0) is 96.5 Å². The molecule has 3 nitrogen and oxygen atoms in total. The summed E-state index contributed by atoms with van der Waals surface area (Å²) in [6.07, 6.45) is 19.1. The van der Waals surface area contributed by atoms with E-state index in [-0.39, 0.29) is 0 Å². The van der Waals surface area contributed by atoms with Crippen LogP contribution < -0.4 is 0 Å². The van der Waals surface area contributed by atoms with Crippen LogP contribution in [0.1, 0.15) is 37.7 Å². The molecule has 2 aliphatic carbocycles. The number of rotatable bonds is 6. The minimum absolute atomic E-state index is 0.378. The summed E-state index contributed by atoms with van der Waals surface area (Å²) < 4.78 is 4.89. The van der Waals surface area contributed by atoms with Crippen molar-refractivity contribution in [1.29, 1.82) is 0 Å². The van der Waals surface area contributed by atoms with Gasteiger partial charge in [0.15, 0.2) is 0 Å². The second-order valence-corrected chi connectivity index (χ2v) is 15.3. The molecule has 268 valence electrons. The predicted octanol–water partition coefficient (Wildman–Crippen LogP) is 13.8. The van der Waals surface area contributed by atoms with Crippen LogP contribution in [-0.2, 0) is 0 Å². The molecule has 56 heavy (non-hydrogen) atoms. The molecule has 0 bridgehead atoms. The van der Waals surface area contributed by atoms with E-state index in [1.54, 1.807) is 0 Å². The lowest BCUT2D eigenvalue weighted by molar-refractivity contribution is 0.716. The summed E-state index contributed by atoms with van der Waals surface area (Å²) in [5.41, 5.74) is 16.3. The van der Waals surface area contributed by atoms with Gasteiger partial charge in [0.2, 0.25) is 0 Å². The molecule has 1 atom stereocenters. The highest BCUT2D eigenvalue weighted by Gasteiger charge is 2.25. The van der Waals surface area contributed by atoms with E-state index in [0.29, 0.717) is 5.92 Å². The van der Waals surface area contributed by atoms with Crippen molar-refractivity contribution in [1.82, 2.24) is 9.13 Å². The zero-order chi connectivity index (χ0) is 37.0. The lowest BCUT2D eigenvalue weighted by Crippen LogP contribution is -2.17. The molecule has 0 N–H and O–H groups in total. The van der Waals surface area contributed by atoms with Gasteiger partial charge in [-0.3, -0.25) is 4.99 Å². The molecule has 0 saturated heterocycles. The van der Waals surface area contributed by atoms with Crippen LogP contribution in [0.4, 0.5) is 0 Å². The number of aliphatic imine (C=N–C) groups is 1. The van der Waals surface area contributed by atoms with E-state index in [1.807, 2.05) is 0 Å². The van der Waals surface area contributed by atoms with E-state index in [0.717, 1.165) is 37.8 Å². The molecule has 3 heteroatoms. The summed E-state index contributed by atoms with van der Waals surface area (Å²) in [4.78, 5) is 5.33. The molecule has 0 spiro atoms. The third kappa shape index (κ3) is 5.54. The SMILES string of the molecule is C1=CCCC(C2C=C(C3=CC=C(n4c5ccccc5c5cc(-c6ccc7c8ccccc8n(-c8ccccc8)c7c6)ccc54)CC3)N=C(c3ccccc3)C2)=C1. The fourth-order valence-electron chi connectivity index (χ4n) is 9.34. The number of fused-ring (bicyclic) bond motifs is 6. The van der Waals surface area contributed by atoms with Gasteiger partial charge in [0.05, 0.1) is 27.8 Å². The van der Waals surface area contributed by atoms with E-state index >= 15 is 0 Å². The molecule has 1 aliphatic heterocycles. The number of aromatic nitrogens is 2. The Kier molecular flexibility index (Phi) is 7.91. The second-order valence-electron chi connectivity index (χ2n) is 15.3. The highest BCUT2D eigenvalue weighted by molar-refractivity contribution is 6.13. The second kappa shape index (κ2) is 13.5. The molecule has 11 rings (SSSR count). The average molecular weight is 720 g/mol. The van der Waals surface area contributed by atoms with Crippen LogP contribution in [0.5, 0.6) is 0 Å². The van der Waals surface area contributed by atoms with Gasteiger partial charge in [0.1, 0.15) is 0 Å². The van der Waals surface area contributed by atoms with Crippen molar-refractivity contribution >= 4 is 55.0 Å². The Morgan fingerprint density at radius 2 is 1.18 bits per heavy atom. The van der Waals surface area contributed by atoms with Crippen molar-refractivity contribution < 1.29 is 0 Å². The van der Waals surface area contributed by atoms with Crippen molar-refractivity contribution in [2.45, 2.75) is 32.1 Å². The first kappa shape index (κ1) is 32.7. The highest BCUT2D eigenvalue weighted by atomic mass is 15.0. The van der Waals surface area contributed by atoms with Gasteiger partial charge in [-0.1, -0.05) is 139 Å². The monoisotopic (exact) mass is 719 g/mol. The van der Waals surface area contributed by atoms with Crippen LogP contribution >= 0.6 is 0 Å². The fourth-order valence-corrected chi connectivity index (χ4v) is 9.34. The highest BCUT2D eigenvalue weighted by Crippen LogP contribution is 2.41. The van der Waals surface area contributed by atoms with Gasteiger partial charge < -0.3 is 9.13 Å². The smallest absolute Gasteiger partial charge is 0.0631 e. The largest absolute Gasteiger partial charge is 0.313 e. The number of allylic oxidation sites excluding steroid dienone is 9. The Balaban J connectivity index is 0.993. The van der Waals surface area contributed by atoms with Gasteiger partial charge in [-0.15, -0.1) is 0 Å². The van der Waals surface area contributed by atoms with E-state index in [1.165, 1.54) is 88.5 Å². The Morgan fingerprint density at radius 3 is 1.95 bits per heavy atom. The van der Waals surface area contributed by atoms with Gasteiger partial charge in [-0.25, -0.2) is 0 Å². The molecule has 0 saturated carbocycles. The molecule has 1 unspecified atom stereocenters. The quantitative estimate of drug-likeness (QED) is 0.163. The zero-order valence-corrected chi connectivity index (χ0v) is 31.3. The Morgan fingerprint density at radius 1 is 0.500 bits per heavy atom. The molecular formula is C53H41N3. The van der Waals surface area contributed by atoms with Crippen molar-refractivity contribution in [3.05, 3.63) is 204 Å². The first-order valence-electron chi connectivity index (χ1n) is 20.0. The summed E-state index contributed by atoms with van der Waals surface area (Å²) in [7, 11) is 0. The van der Waals surface area contributed by atoms with Gasteiger partial charge in [0, 0.05) is 51.0 Å². The van der Waals surface area contributed by atoms with Crippen LogP contribution in [-0.4, -0.2) is 14.8 Å². The van der Waals surface area contributed by atoms with Crippen LogP contribution in [0.15, 0.2) is 204 Å². The van der Waals surface area contributed by atoms with Gasteiger partial charge in [-0.2, -0.15) is 0 Å². The first-order chi connectivity index (χ1) is 27.8. The minimum Gasteiger partial charge on any atom is -0.313 e. The van der Waals surface area contributed by atoms with Crippen molar-refractivity contribution in [3.8, 4) is 16.8 Å². The number of hydrogen-bond acceptors (Lipinski definition) is 1. The number of nitrogens with zero attached hydrogens (tertiary/aromatic N) is 3. The van der Waals surface area contributed by atoms with Gasteiger partial charge >= 0.3 is 0 Å². The maximum atomic E-state index is 5.33. The standard InChI is InChI=1S/C53H41N3/c1-4-14-36(15-5-1)41-33-48(37-16-6-2-7-17-37)54-49(34-41)38-24-28-43(29-25-38)55-51-23-13-11-21-45(51)47-32-39(27-31-52(47)55)40-26-30-46-44-20-10-12-22-50(44)56(53(46)35-40)42-18-8-3-9-19-42/h1-4,6-14,16-24,26-28,30-32,34-35,41H,5,15,25,29,33H2. The van der Waals surface area contributed by atoms with Crippen molar-refractivity contribution in [2.75, 3.05) is 0 Å². The average Bonchev–Trinajstić information content (AvgIpc) is 3.79. The first-order valence-corrected chi connectivity index (χ1v) is 20.0.